The molecule has 1 saturated carbocycles. The molecule has 2 saturated heterocycles. The maximum atomic E-state index is 13.0. The SMILES string of the molecule is CN(Cc1ccccc1)[C@H]1CC[C@H](NS(=O)(=O)c2ccc(N3CCC4(CCCO4)CC3)nc2)CC1. The van der Waals surface area contributed by atoms with Crippen LogP contribution in [0.3, 0.4) is 0 Å². The lowest BCUT2D eigenvalue weighted by Gasteiger charge is -2.39. The van der Waals surface area contributed by atoms with E-state index in [1.54, 1.807) is 6.07 Å². The normalized spacial score (nSPS) is 24.8. The van der Waals surface area contributed by atoms with E-state index in [1.807, 2.05) is 12.1 Å². The van der Waals surface area contributed by atoms with Crippen LogP contribution >= 0.6 is 0 Å². The summed E-state index contributed by atoms with van der Waals surface area (Å²) in [6.45, 7) is 3.60. The standard InChI is InChI=1S/C27H38N4O3S/c1-30(21-22-6-3-2-4-7-22)24-10-8-23(9-11-24)29-35(32,33)25-12-13-26(28-20-25)31-17-15-27(16-18-31)14-5-19-34-27/h2-4,6-7,12-13,20,23-24,29H,5,8-11,14-19,21H2,1H3/t23-,24-. The Bertz CT molecular complexity index is 1050. The van der Waals surface area contributed by atoms with Gasteiger partial charge in [0.05, 0.1) is 5.60 Å². The van der Waals surface area contributed by atoms with Crippen LogP contribution < -0.4 is 9.62 Å². The molecule has 1 aromatic carbocycles. The van der Waals surface area contributed by atoms with Crippen LogP contribution in [0.25, 0.3) is 0 Å². The lowest BCUT2D eigenvalue weighted by molar-refractivity contribution is -0.0147. The number of pyridine rings is 1. The predicted octanol–water partition coefficient (Wildman–Crippen LogP) is 3.95. The van der Waals surface area contributed by atoms with Crippen molar-refractivity contribution in [3.8, 4) is 0 Å². The lowest BCUT2D eigenvalue weighted by atomic mass is 9.89. The van der Waals surface area contributed by atoms with Gasteiger partial charge in [-0.25, -0.2) is 18.1 Å². The highest BCUT2D eigenvalue weighted by atomic mass is 32.2. The number of aromatic nitrogens is 1. The molecule has 2 aliphatic heterocycles. The van der Waals surface area contributed by atoms with E-state index in [9.17, 15) is 8.42 Å². The van der Waals surface area contributed by atoms with Crippen molar-refractivity contribution in [2.75, 3.05) is 31.6 Å². The number of rotatable bonds is 7. The summed E-state index contributed by atoms with van der Waals surface area (Å²) >= 11 is 0. The van der Waals surface area contributed by atoms with Gasteiger partial charge in [-0.3, -0.25) is 4.90 Å². The van der Waals surface area contributed by atoms with Crippen LogP contribution in [0.1, 0.15) is 56.9 Å². The van der Waals surface area contributed by atoms with Crippen molar-refractivity contribution in [2.24, 2.45) is 0 Å². The number of nitrogens with one attached hydrogen (secondary N) is 1. The molecule has 5 rings (SSSR count). The van der Waals surface area contributed by atoms with Crippen LogP contribution in [0.5, 0.6) is 0 Å². The van der Waals surface area contributed by atoms with E-state index in [-0.39, 0.29) is 16.5 Å². The van der Waals surface area contributed by atoms with Gasteiger partial charge in [-0.1, -0.05) is 30.3 Å². The first kappa shape index (κ1) is 24.7. The van der Waals surface area contributed by atoms with Crippen LogP contribution in [-0.2, 0) is 21.3 Å². The molecule has 190 valence electrons. The smallest absolute Gasteiger partial charge is 0.242 e. The first-order valence-corrected chi connectivity index (χ1v) is 14.5. The molecule has 3 heterocycles. The molecule has 1 aromatic heterocycles. The van der Waals surface area contributed by atoms with Crippen molar-refractivity contribution in [3.05, 3.63) is 54.2 Å². The topological polar surface area (TPSA) is 74.8 Å². The van der Waals surface area contributed by atoms with Gasteiger partial charge in [0, 0.05) is 44.5 Å². The van der Waals surface area contributed by atoms with Crippen molar-refractivity contribution in [1.29, 1.82) is 0 Å². The van der Waals surface area contributed by atoms with Gasteiger partial charge in [-0.15, -0.1) is 0 Å². The van der Waals surface area contributed by atoms with Crippen molar-refractivity contribution >= 4 is 15.8 Å². The fraction of sp³-hybridized carbons (Fsp3) is 0.593. The third-order valence-corrected chi connectivity index (χ3v) is 9.64. The molecule has 3 aliphatic rings. The molecule has 7 nitrogen and oxygen atoms in total. The molecule has 0 bridgehead atoms. The van der Waals surface area contributed by atoms with Crippen molar-refractivity contribution in [1.82, 2.24) is 14.6 Å². The van der Waals surface area contributed by atoms with Gasteiger partial charge in [-0.2, -0.15) is 0 Å². The maximum absolute atomic E-state index is 13.0. The number of hydrogen-bond acceptors (Lipinski definition) is 6. The average Bonchev–Trinajstić information content (AvgIpc) is 3.33. The zero-order valence-electron chi connectivity index (χ0n) is 20.7. The Morgan fingerprint density at radius 2 is 1.80 bits per heavy atom. The summed E-state index contributed by atoms with van der Waals surface area (Å²) in [7, 11) is -1.41. The molecular weight excluding hydrogens is 460 g/mol. The third-order valence-electron chi connectivity index (χ3n) is 8.13. The third kappa shape index (κ3) is 5.88. The molecule has 1 spiro atoms. The number of benzene rings is 1. The number of nitrogens with zero attached hydrogens (tertiary/aromatic N) is 3. The van der Waals surface area contributed by atoms with Gasteiger partial charge >= 0.3 is 0 Å². The summed E-state index contributed by atoms with van der Waals surface area (Å²) in [6.07, 6.45) is 9.54. The Morgan fingerprint density at radius 1 is 1.06 bits per heavy atom. The second-order valence-electron chi connectivity index (χ2n) is 10.5. The van der Waals surface area contributed by atoms with Gasteiger partial charge < -0.3 is 9.64 Å². The summed E-state index contributed by atoms with van der Waals surface area (Å²) in [4.78, 5) is 9.39. The molecule has 1 N–H and O–H groups in total. The van der Waals surface area contributed by atoms with Crippen LogP contribution in [-0.4, -0.2) is 62.7 Å². The molecular formula is C27H38N4O3S. The van der Waals surface area contributed by atoms with E-state index in [4.69, 9.17) is 4.74 Å². The van der Waals surface area contributed by atoms with E-state index >= 15 is 0 Å². The van der Waals surface area contributed by atoms with Gasteiger partial charge in [0.2, 0.25) is 10.0 Å². The highest BCUT2D eigenvalue weighted by Crippen LogP contribution is 2.36. The Kier molecular flexibility index (Phi) is 7.44. The van der Waals surface area contributed by atoms with Gasteiger partial charge in [-0.05, 0) is 76.1 Å². The lowest BCUT2D eigenvalue weighted by Crippen LogP contribution is -2.44. The number of piperidine rings is 1. The summed E-state index contributed by atoms with van der Waals surface area (Å²) in [5.41, 5.74) is 1.38. The van der Waals surface area contributed by atoms with Gasteiger partial charge in [0.15, 0.2) is 0 Å². The van der Waals surface area contributed by atoms with E-state index in [1.165, 1.54) is 11.8 Å². The van der Waals surface area contributed by atoms with Crippen molar-refractivity contribution < 1.29 is 13.2 Å². The largest absolute Gasteiger partial charge is 0.375 e. The predicted molar refractivity (Wildman–Crippen MR) is 138 cm³/mol. The fourth-order valence-corrected chi connectivity index (χ4v) is 7.18. The minimum Gasteiger partial charge on any atom is -0.375 e. The Hall–Kier alpha value is -2.00. The minimum atomic E-state index is -3.58. The van der Waals surface area contributed by atoms with E-state index in [0.29, 0.717) is 6.04 Å². The highest BCUT2D eigenvalue weighted by molar-refractivity contribution is 7.89. The second kappa shape index (κ2) is 10.5. The summed E-state index contributed by atoms with van der Waals surface area (Å²) < 4.78 is 35.0. The second-order valence-corrected chi connectivity index (χ2v) is 12.2. The van der Waals surface area contributed by atoms with Crippen LogP contribution in [0.15, 0.2) is 53.6 Å². The minimum absolute atomic E-state index is 0.0225. The summed E-state index contributed by atoms with van der Waals surface area (Å²) in [6, 6.07) is 14.5. The number of sulfonamides is 1. The molecule has 3 fully saturated rings. The Morgan fingerprint density at radius 3 is 2.43 bits per heavy atom. The summed E-state index contributed by atoms with van der Waals surface area (Å²) in [5.74, 6) is 0.846. The number of ether oxygens (including phenoxy) is 1. The monoisotopic (exact) mass is 498 g/mol. The molecule has 0 atom stereocenters. The van der Waals surface area contributed by atoms with Crippen LogP contribution in [0, 0.1) is 0 Å². The summed E-state index contributed by atoms with van der Waals surface area (Å²) in [5, 5.41) is 0. The average molecular weight is 499 g/mol. The molecule has 8 heteroatoms. The Balaban J connectivity index is 1.11. The van der Waals surface area contributed by atoms with Crippen molar-refractivity contribution in [2.45, 2.75) is 80.5 Å². The zero-order valence-corrected chi connectivity index (χ0v) is 21.5. The Labute approximate surface area is 209 Å². The first-order valence-electron chi connectivity index (χ1n) is 13.0. The quantitative estimate of drug-likeness (QED) is 0.623. The van der Waals surface area contributed by atoms with Gasteiger partial charge in [0.1, 0.15) is 10.7 Å². The molecule has 2 aromatic rings. The number of anilines is 1. The first-order chi connectivity index (χ1) is 16.9. The zero-order chi connectivity index (χ0) is 24.3. The fourth-order valence-electron chi connectivity index (χ4n) is 5.93. The molecule has 0 radical (unpaired) electrons. The van der Waals surface area contributed by atoms with Crippen LogP contribution in [0.4, 0.5) is 5.82 Å². The van der Waals surface area contributed by atoms with E-state index in [0.717, 1.165) is 83.4 Å². The van der Waals surface area contributed by atoms with Crippen molar-refractivity contribution in [3.63, 3.8) is 0 Å². The maximum Gasteiger partial charge on any atom is 0.242 e. The molecule has 1 aliphatic carbocycles. The van der Waals surface area contributed by atoms with Crippen LogP contribution in [0.2, 0.25) is 0 Å². The number of hydrogen-bond donors (Lipinski definition) is 1. The highest BCUT2D eigenvalue weighted by Gasteiger charge is 2.38. The molecule has 35 heavy (non-hydrogen) atoms. The molecule has 0 unspecified atom stereocenters. The van der Waals surface area contributed by atoms with Gasteiger partial charge in [0.25, 0.3) is 0 Å². The molecule has 0 amide bonds. The van der Waals surface area contributed by atoms with E-state index in [2.05, 4.69) is 50.8 Å². The van der Waals surface area contributed by atoms with E-state index < -0.39 is 10.0 Å².